The molecule has 0 aliphatic heterocycles. The number of hydrogen-bond acceptors (Lipinski definition) is 6. The number of rotatable bonds is 4. The summed E-state index contributed by atoms with van der Waals surface area (Å²) >= 11 is 1.09. The van der Waals surface area contributed by atoms with Crippen molar-refractivity contribution in [2.75, 3.05) is 7.11 Å². The highest BCUT2D eigenvalue weighted by molar-refractivity contribution is 7.15. The van der Waals surface area contributed by atoms with E-state index in [9.17, 15) is 14.0 Å². The molecule has 0 unspecified atom stereocenters. The third-order valence-corrected chi connectivity index (χ3v) is 5.12. The average Bonchev–Trinajstić information content (AvgIpc) is 2.99. The van der Waals surface area contributed by atoms with E-state index in [2.05, 4.69) is 10.1 Å². The van der Waals surface area contributed by atoms with E-state index < -0.39 is 5.56 Å². The topological polar surface area (TPSA) is 73.6 Å². The molecule has 0 bridgehead atoms. The van der Waals surface area contributed by atoms with Gasteiger partial charge in [-0.1, -0.05) is 41.7 Å². The lowest BCUT2D eigenvalue weighted by Gasteiger charge is -2.02. The van der Waals surface area contributed by atoms with Crippen molar-refractivity contribution in [2.24, 2.45) is 0 Å². The van der Waals surface area contributed by atoms with Crippen molar-refractivity contribution in [3.63, 3.8) is 0 Å². The Morgan fingerprint density at radius 1 is 1.14 bits per heavy atom. The fourth-order valence-electron chi connectivity index (χ4n) is 2.77. The number of hydrogen-bond donors (Lipinski definition) is 0. The van der Waals surface area contributed by atoms with Gasteiger partial charge in [-0.2, -0.15) is 14.6 Å². The zero-order chi connectivity index (χ0) is 19.7. The van der Waals surface area contributed by atoms with Gasteiger partial charge in [0.1, 0.15) is 17.3 Å². The van der Waals surface area contributed by atoms with Crippen LogP contribution in [-0.2, 0) is 6.42 Å². The summed E-state index contributed by atoms with van der Waals surface area (Å²) in [6.45, 7) is 0. The van der Waals surface area contributed by atoms with E-state index in [1.807, 2.05) is 18.2 Å². The van der Waals surface area contributed by atoms with Crippen molar-refractivity contribution in [2.45, 2.75) is 6.42 Å². The Morgan fingerprint density at radius 2 is 1.89 bits per heavy atom. The summed E-state index contributed by atoms with van der Waals surface area (Å²) in [6, 6.07) is 13.0. The summed E-state index contributed by atoms with van der Waals surface area (Å²) in [5.41, 5.74) is 0.704. The second-order valence-corrected chi connectivity index (χ2v) is 7.03. The highest BCUT2D eigenvalue weighted by Crippen LogP contribution is 2.17. The molecule has 28 heavy (non-hydrogen) atoms. The molecule has 0 N–H and O–H groups in total. The molecular weight excluding hydrogens is 381 g/mol. The largest absolute Gasteiger partial charge is 0.496 e. The van der Waals surface area contributed by atoms with Crippen LogP contribution in [0, 0.1) is 5.82 Å². The lowest BCUT2D eigenvalue weighted by atomic mass is 10.1. The Bertz CT molecular complexity index is 1330. The number of halogens is 1. The van der Waals surface area contributed by atoms with Crippen LogP contribution in [0.4, 0.5) is 4.39 Å². The van der Waals surface area contributed by atoms with Gasteiger partial charge in [-0.3, -0.25) is 9.59 Å². The number of para-hydroxylation sites is 1. The summed E-state index contributed by atoms with van der Waals surface area (Å²) in [7, 11) is 1.55. The van der Waals surface area contributed by atoms with Crippen molar-refractivity contribution < 1.29 is 9.13 Å². The number of fused-ring (bicyclic) bond motifs is 1. The molecule has 0 aliphatic carbocycles. The third-order valence-electron chi connectivity index (χ3n) is 4.16. The van der Waals surface area contributed by atoms with Crippen LogP contribution < -0.4 is 20.4 Å². The Morgan fingerprint density at radius 3 is 2.64 bits per heavy atom. The number of benzene rings is 2. The van der Waals surface area contributed by atoms with E-state index in [0.717, 1.165) is 21.4 Å². The zero-order valence-corrected chi connectivity index (χ0v) is 15.6. The first kappa shape index (κ1) is 18.0. The Labute approximate surface area is 162 Å². The van der Waals surface area contributed by atoms with E-state index in [-0.39, 0.29) is 28.5 Å². The van der Waals surface area contributed by atoms with Gasteiger partial charge in [-0.05, 0) is 29.8 Å². The zero-order valence-electron chi connectivity index (χ0n) is 14.8. The maximum atomic E-state index is 13.1. The van der Waals surface area contributed by atoms with Crippen LogP contribution in [0.2, 0.25) is 0 Å². The predicted octanol–water partition coefficient (Wildman–Crippen LogP) is 1.80. The van der Waals surface area contributed by atoms with Gasteiger partial charge in [-0.25, -0.2) is 4.39 Å². The summed E-state index contributed by atoms with van der Waals surface area (Å²) < 4.78 is 19.9. The summed E-state index contributed by atoms with van der Waals surface area (Å²) in [6.07, 6.45) is 1.85. The van der Waals surface area contributed by atoms with Crippen molar-refractivity contribution in [3.05, 3.63) is 96.4 Å². The minimum absolute atomic E-state index is 0.128. The number of nitrogens with zero attached hydrogens (tertiary/aromatic N) is 3. The first-order valence-corrected chi connectivity index (χ1v) is 9.19. The molecule has 8 heteroatoms. The molecule has 140 valence electrons. The van der Waals surface area contributed by atoms with Crippen LogP contribution in [0.15, 0.2) is 58.1 Å². The van der Waals surface area contributed by atoms with Crippen molar-refractivity contribution in [1.82, 2.24) is 14.6 Å². The van der Waals surface area contributed by atoms with Crippen LogP contribution in [0.5, 0.6) is 5.75 Å². The molecule has 0 saturated carbocycles. The number of aromatic nitrogens is 3. The molecule has 0 fully saturated rings. The molecule has 0 aliphatic rings. The Hall–Kier alpha value is -3.39. The first-order valence-electron chi connectivity index (χ1n) is 8.37. The molecule has 0 spiro atoms. The van der Waals surface area contributed by atoms with Gasteiger partial charge in [0, 0.05) is 12.0 Å². The van der Waals surface area contributed by atoms with Gasteiger partial charge in [-0.15, -0.1) is 0 Å². The maximum Gasteiger partial charge on any atom is 0.296 e. The van der Waals surface area contributed by atoms with Crippen molar-refractivity contribution in [3.8, 4) is 5.75 Å². The monoisotopic (exact) mass is 395 g/mol. The van der Waals surface area contributed by atoms with Gasteiger partial charge in [0.2, 0.25) is 4.96 Å². The number of methoxy groups -OCH3 is 1. The van der Waals surface area contributed by atoms with Gasteiger partial charge in [0.05, 0.1) is 11.6 Å². The summed E-state index contributed by atoms with van der Waals surface area (Å²) in [5.74, 6) is 0.269. The second-order valence-electron chi connectivity index (χ2n) is 6.02. The molecule has 0 amide bonds. The molecule has 4 aromatic rings. The number of ether oxygens (including phenoxy) is 1. The Kier molecular flexibility index (Phi) is 4.70. The SMILES string of the molecule is COc1ccccc1C=c1sc2nc(=O)c(Cc3ccc(F)cc3)nn2c1=O. The van der Waals surface area contributed by atoms with Gasteiger partial charge >= 0.3 is 0 Å². The maximum absolute atomic E-state index is 13.1. The molecule has 2 aromatic heterocycles. The predicted molar refractivity (Wildman–Crippen MR) is 104 cm³/mol. The highest BCUT2D eigenvalue weighted by atomic mass is 32.1. The van der Waals surface area contributed by atoms with Crippen LogP contribution >= 0.6 is 11.3 Å². The van der Waals surface area contributed by atoms with Crippen molar-refractivity contribution >= 4 is 22.4 Å². The lowest BCUT2D eigenvalue weighted by Crippen LogP contribution is -2.28. The smallest absolute Gasteiger partial charge is 0.296 e. The molecule has 4 rings (SSSR count). The van der Waals surface area contributed by atoms with Crippen LogP contribution in [0.1, 0.15) is 16.8 Å². The van der Waals surface area contributed by atoms with Crippen LogP contribution in [-0.4, -0.2) is 21.7 Å². The van der Waals surface area contributed by atoms with E-state index in [4.69, 9.17) is 4.74 Å². The molecule has 2 aromatic carbocycles. The van der Waals surface area contributed by atoms with Gasteiger partial charge < -0.3 is 4.74 Å². The normalized spacial score (nSPS) is 11.9. The molecule has 0 saturated heterocycles. The molecule has 0 atom stereocenters. The Balaban J connectivity index is 1.81. The van der Waals surface area contributed by atoms with Crippen LogP contribution in [0.25, 0.3) is 11.0 Å². The minimum atomic E-state index is -0.505. The van der Waals surface area contributed by atoms with Crippen LogP contribution in [0.3, 0.4) is 0 Å². The van der Waals surface area contributed by atoms with E-state index in [1.165, 1.54) is 12.1 Å². The second kappa shape index (κ2) is 7.32. The van der Waals surface area contributed by atoms with Gasteiger partial charge in [0.15, 0.2) is 0 Å². The molecule has 0 radical (unpaired) electrons. The van der Waals surface area contributed by atoms with E-state index in [1.54, 1.807) is 31.4 Å². The standard InChI is InChI=1S/C20H14FN3O3S/c1-27-16-5-3-2-4-13(16)11-17-19(26)24-20(28-17)22-18(25)15(23-24)10-12-6-8-14(21)9-7-12/h2-9,11H,10H2,1H3. The molecule has 6 nitrogen and oxygen atoms in total. The number of thiazole rings is 1. The summed E-state index contributed by atoms with van der Waals surface area (Å²) in [5, 5.41) is 4.19. The summed E-state index contributed by atoms with van der Waals surface area (Å²) in [4.78, 5) is 29.3. The minimum Gasteiger partial charge on any atom is -0.496 e. The quantitative estimate of drug-likeness (QED) is 0.527. The lowest BCUT2D eigenvalue weighted by molar-refractivity contribution is 0.414. The fraction of sp³-hybridized carbons (Fsp3) is 0.100. The third kappa shape index (κ3) is 3.41. The highest BCUT2D eigenvalue weighted by Gasteiger charge is 2.12. The molecular formula is C20H14FN3O3S. The van der Waals surface area contributed by atoms with E-state index >= 15 is 0 Å². The average molecular weight is 395 g/mol. The first-order chi connectivity index (χ1) is 13.5. The van der Waals surface area contributed by atoms with E-state index in [0.29, 0.717) is 15.8 Å². The molecule has 2 heterocycles. The fourth-order valence-corrected chi connectivity index (χ4v) is 3.67. The van der Waals surface area contributed by atoms with Gasteiger partial charge in [0.25, 0.3) is 11.1 Å². The van der Waals surface area contributed by atoms with Crippen molar-refractivity contribution in [1.29, 1.82) is 0 Å².